The lowest BCUT2D eigenvalue weighted by Gasteiger charge is -2.23. The Morgan fingerprint density at radius 3 is 2.27 bits per heavy atom. The van der Waals surface area contributed by atoms with Gasteiger partial charge in [-0.1, -0.05) is 34.6 Å². The molecule has 0 aromatic carbocycles. The van der Waals surface area contributed by atoms with Gasteiger partial charge in [0.1, 0.15) is 0 Å². The lowest BCUT2D eigenvalue weighted by Crippen LogP contribution is -2.39. The highest BCUT2D eigenvalue weighted by Crippen LogP contribution is 2.22. The van der Waals surface area contributed by atoms with Gasteiger partial charge in [0.2, 0.25) is 0 Å². The van der Waals surface area contributed by atoms with Gasteiger partial charge in [-0.25, -0.2) is 0 Å². The van der Waals surface area contributed by atoms with E-state index in [9.17, 15) is 0 Å². The molecule has 0 bridgehead atoms. The normalized spacial score (nSPS) is 14.6. The largest absolute Gasteiger partial charge is 0.383 e. The number of methoxy groups -OCH3 is 1. The van der Waals surface area contributed by atoms with Gasteiger partial charge in [0.15, 0.2) is 0 Å². The fourth-order valence-electron chi connectivity index (χ4n) is 1.27. The van der Waals surface area contributed by atoms with Crippen LogP contribution in [0.5, 0.6) is 0 Å². The monoisotopic (exact) mass is 233 g/mol. The highest BCUT2D eigenvalue weighted by molar-refractivity contribution is 8.00. The maximum absolute atomic E-state index is 5.19. The molecule has 0 saturated carbocycles. The topological polar surface area (TPSA) is 21.3 Å². The quantitative estimate of drug-likeness (QED) is 0.683. The fourth-order valence-corrected chi connectivity index (χ4v) is 2.10. The number of hydrogen-bond acceptors (Lipinski definition) is 3. The second-order valence-electron chi connectivity index (χ2n) is 5.22. The SMILES string of the molecule is COCC(NCCSC(C)(C)C)C(C)C. The highest BCUT2D eigenvalue weighted by atomic mass is 32.2. The maximum atomic E-state index is 5.19. The van der Waals surface area contributed by atoms with Gasteiger partial charge in [-0.15, -0.1) is 0 Å². The zero-order valence-electron chi connectivity index (χ0n) is 11.1. The molecule has 3 heteroatoms. The molecule has 0 fully saturated rings. The molecule has 0 aliphatic rings. The summed E-state index contributed by atoms with van der Waals surface area (Å²) in [4.78, 5) is 0. The summed E-state index contributed by atoms with van der Waals surface area (Å²) < 4.78 is 5.57. The Labute approximate surface area is 99.5 Å². The molecule has 1 N–H and O–H groups in total. The third-order valence-corrected chi connectivity index (χ3v) is 3.47. The van der Waals surface area contributed by atoms with Crippen molar-refractivity contribution in [3.63, 3.8) is 0 Å². The van der Waals surface area contributed by atoms with E-state index in [1.807, 2.05) is 11.8 Å². The van der Waals surface area contributed by atoms with Gasteiger partial charge in [-0.05, 0) is 5.92 Å². The zero-order valence-corrected chi connectivity index (χ0v) is 11.9. The van der Waals surface area contributed by atoms with Crippen molar-refractivity contribution in [3.8, 4) is 0 Å². The zero-order chi connectivity index (χ0) is 11.9. The minimum atomic E-state index is 0.371. The van der Waals surface area contributed by atoms with Crippen LogP contribution in [0, 0.1) is 5.92 Å². The van der Waals surface area contributed by atoms with E-state index in [-0.39, 0.29) is 0 Å². The van der Waals surface area contributed by atoms with Crippen LogP contribution in [0.4, 0.5) is 0 Å². The molecule has 2 nitrogen and oxygen atoms in total. The summed E-state index contributed by atoms with van der Waals surface area (Å²) in [5.41, 5.74) is 0. The molecule has 0 rings (SSSR count). The second kappa shape index (κ2) is 7.53. The van der Waals surface area contributed by atoms with Crippen LogP contribution in [0.15, 0.2) is 0 Å². The van der Waals surface area contributed by atoms with Crippen LogP contribution < -0.4 is 5.32 Å². The molecule has 0 amide bonds. The maximum Gasteiger partial charge on any atom is 0.0618 e. The van der Waals surface area contributed by atoms with Crippen LogP contribution in [-0.4, -0.2) is 36.8 Å². The van der Waals surface area contributed by atoms with Crippen LogP contribution in [0.3, 0.4) is 0 Å². The van der Waals surface area contributed by atoms with Crippen molar-refractivity contribution in [3.05, 3.63) is 0 Å². The number of thioether (sulfide) groups is 1. The lowest BCUT2D eigenvalue weighted by molar-refractivity contribution is 0.148. The minimum Gasteiger partial charge on any atom is -0.383 e. The van der Waals surface area contributed by atoms with E-state index >= 15 is 0 Å². The van der Waals surface area contributed by atoms with E-state index in [1.165, 1.54) is 0 Å². The molecule has 0 aliphatic heterocycles. The summed E-state index contributed by atoms with van der Waals surface area (Å²) in [7, 11) is 1.76. The first-order chi connectivity index (χ1) is 6.87. The first-order valence-electron chi connectivity index (χ1n) is 5.73. The molecular formula is C12H27NOS. The Hall–Kier alpha value is 0.270. The third kappa shape index (κ3) is 9.21. The van der Waals surface area contributed by atoms with Crippen LogP contribution in [-0.2, 0) is 4.74 Å². The summed E-state index contributed by atoms with van der Waals surface area (Å²) in [6, 6.07) is 0.482. The van der Waals surface area contributed by atoms with Gasteiger partial charge >= 0.3 is 0 Å². The first kappa shape index (κ1) is 15.3. The average molecular weight is 233 g/mol. The summed E-state index contributed by atoms with van der Waals surface area (Å²) in [6.07, 6.45) is 0. The Morgan fingerprint density at radius 1 is 1.27 bits per heavy atom. The minimum absolute atomic E-state index is 0.371. The van der Waals surface area contributed by atoms with Crippen LogP contribution >= 0.6 is 11.8 Å². The number of hydrogen-bond donors (Lipinski definition) is 1. The molecule has 0 spiro atoms. The molecule has 0 radical (unpaired) electrons. The lowest BCUT2D eigenvalue weighted by atomic mass is 10.1. The Kier molecular flexibility index (Phi) is 7.66. The van der Waals surface area contributed by atoms with E-state index in [0.29, 0.717) is 16.7 Å². The third-order valence-electron chi connectivity index (χ3n) is 2.19. The molecule has 0 heterocycles. The Balaban J connectivity index is 3.62. The van der Waals surface area contributed by atoms with Crippen molar-refractivity contribution in [1.82, 2.24) is 5.32 Å². The van der Waals surface area contributed by atoms with Gasteiger partial charge in [-0.3, -0.25) is 0 Å². The van der Waals surface area contributed by atoms with Crippen molar-refractivity contribution < 1.29 is 4.74 Å². The Morgan fingerprint density at radius 2 is 1.87 bits per heavy atom. The molecular weight excluding hydrogens is 206 g/mol. The summed E-state index contributed by atoms with van der Waals surface area (Å²) in [5, 5.41) is 3.55. The predicted octanol–water partition coefficient (Wildman–Crippen LogP) is 2.78. The van der Waals surface area contributed by atoms with Crippen molar-refractivity contribution in [2.45, 2.75) is 45.4 Å². The van der Waals surface area contributed by atoms with Crippen molar-refractivity contribution in [2.75, 3.05) is 26.0 Å². The van der Waals surface area contributed by atoms with Crippen LogP contribution in [0.25, 0.3) is 0 Å². The predicted molar refractivity (Wildman–Crippen MR) is 70.7 cm³/mol. The molecule has 0 aromatic rings. The summed E-state index contributed by atoms with van der Waals surface area (Å²) >= 11 is 2.00. The fraction of sp³-hybridized carbons (Fsp3) is 1.00. The Bertz CT molecular complexity index is 154. The summed E-state index contributed by atoms with van der Waals surface area (Å²) in [5.74, 6) is 1.79. The standard InChI is InChI=1S/C12H27NOS/c1-10(2)11(9-14-6)13-7-8-15-12(3,4)5/h10-11,13H,7-9H2,1-6H3. The summed E-state index contributed by atoms with van der Waals surface area (Å²) in [6.45, 7) is 13.1. The van der Waals surface area contributed by atoms with Gasteiger partial charge in [0, 0.05) is 30.2 Å². The van der Waals surface area contributed by atoms with Gasteiger partial charge < -0.3 is 10.1 Å². The molecule has 15 heavy (non-hydrogen) atoms. The van der Waals surface area contributed by atoms with Crippen molar-refractivity contribution >= 4 is 11.8 Å². The number of rotatable bonds is 7. The molecule has 0 saturated heterocycles. The second-order valence-corrected chi connectivity index (χ2v) is 7.14. The van der Waals surface area contributed by atoms with E-state index in [4.69, 9.17) is 4.74 Å². The van der Waals surface area contributed by atoms with E-state index in [2.05, 4.69) is 39.9 Å². The first-order valence-corrected chi connectivity index (χ1v) is 6.71. The van der Waals surface area contributed by atoms with Gasteiger partial charge in [0.05, 0.1) is 6.61 Å². The van der Waals surface area contributed by atoms with Crippen LogP contribution in [0.1, 0.15) is 34.6 Å². The molecule has 92 valence electrons. The van der Waals surface area contributed by atoms with E-state index in [0.717, 1.165) is 18.9 Å². The number of ether oxygens (including phenoxy) is 1. The molecule has 0 aliphatic carbocycles. The number of nitrogens with one attached hydrogen (secondary N) is 1. The molecule has 1 unspecified atom stereocenters. The molecule has 1 atom stereocenters. The van der Waals surface area contributed by atoms with Gasteiger partial charge in [0.25, 0.3) is 0 Å². The van der Waals surface area contributed by atoms with E-state index in [1.54, 1.807) is 7.11 Å². The highest BCUT2D eigenvalue weighted by Gasteiger charge is 2.13. The van der Waals surface area contributed by atoms with Gasteiger partial charge in [-0.2, -0.15) is 11.8 Å². The molecule has 0 aromatic heterocycles. The smallest absolute Gasteiger partial charge is 0.0618 e. The van der Waals surface area contributed by atoms with E-state index < -0.39 is 0 Å². The van der Waals surface area contributed by atoms with Crippen molar-refractivity contribution in [2.24, 2.45) is 5.92 Å². The average Bonchev–Trinajstić information content (AvgIpc) is 2.08. The van der Waals surface area contributed by atoms with Crippen LogP contribution in [0.2, 0.25) is 0 Å². The van der Waals surface area contributed by atoms with Crippen molar-refractivity contribution in [1.29, 1.82) is 0 Å².